The van der Waals surface area contributed by atoms with Crippen LogP contribution in [-0.2, 0) is 6.54 Å². The zero-order valence-corrected chi connectivity index (χ0v) is 12.9. The Morgan fingerprint density at radius 1 is 1.45 bits per heavy atom. The van der Waals surface area contributed by atoms with Crippen LogP contribution in [0.2, 0.25) is 5.02 Å². The molecule has 1 aliphatic rings. The van der Waals surface area contributed by atoms with Crippen molar-refractivity contribution < 1.29 is 4.92 Å². The number of piperidine rings is 1. The highest BCUT2D eigenvalue weighted by atomic mass is 35.5. The van der Waals surface area contributed by atoms with Crippen LogP contribution in [-0.4, -0.2) is 36.0 Å². The van der Waals surface area contributed by atoms with Crippen molar-refractivity contribution in [3.8, 4) is 0 Å². The predicted molar refractivity (Wildman–Crippen MR) is 82.7 cm³/mol. The molecule has 1 fully saturated rings. The number of nitro benzene ring substituents is 1. The summed E-state index contributed by atoms with van der Waals surface area (Å²) in [6.45, 7) is 2.81. The molecular formula is C13H19Cl2N3O2. The highest BCUT2D eigenvalue weighted by Gasteiger charge is 2.19. The Balaban J connectivity index is 0.00000200. The average Bonchev–Trinajstić information content (AvgIpc) is 2.41. The van der Waals surface area contributed by atoms with Gasteiger partial charge in [-0.1, -0.05) is 11.6 Å². The van der Waals surface area contributed by atoms with Crippen LogP contribution >= 0.6 is 24.0 Å². The molecule has 2 rings (SSSR count). The van der Waals surface area contributed by atoms with Crippen molar-refractivity contribution in [2.75, 3.05) is 20.1 Å². The maximum atomic E-state index is 10.7. The van der Waals surface area contributed by atoms with E-state index in [1.165, 1.54) is 12.1 Å². The van der Waals surface area contributed by atoms with Crippen molar-refractivity contribution in [1.29, 1.82) is 0 Å². The Kier molecular flexibility index (Phi) is 6.68. The molecule has 112 valence electrons. The molecule has 0 radical (unpaired) electrons. The van der Waals surface area contributed by atoms with E-state index in [1.54, 1.807) is 6.07 Å². The molecule has 0 spiro atoms. The lowest BCUT2D eigenvalue weighted by atomic mass is 10.0. The maximum absolute atomic E-state index is 10.7. The number of nitrogens with zero attached hydrogens (tertiary/aromatic N) is 2. The fraction of sp³-hybridized carbons (Fsp3) is 0.538. The Morgan fingerprint density at radius 2 is 2.10 bits per heavy atom. The van der Waals surface area contributed by atoms with Crippen LogP contribution in [0.3, 0.4) is 0 Å². The zero-order valence-electron chi connectivity index (χ0n) is 11.3. The van der Waals surface area contributed by atoms with Gasteiger partial charge >= 0.3 is 0 Å². The van der Waals surface area contributed by atoms with Crippen molar-refractivity contribution in [2.45, 2.75) is 25.4 Å². The van der Waals surface area contributed by atoms with Gasteiger partial charge in [-0.3, -0.25) is 15.0 Å². The topological polar surface area (TPSA) is 58.4 Å². The van der Waals surface area contributed by atoms with Crippen LogP contribution in [0.4, 0.5) is 5.69 Å². The van der Waals surface area contributed by atoms with E-state index in [4.69, 9.17) is 11.6 Å². The minimum absolute atomic E-state index is 0. The summed E-state index contributed by atoms with van der Waals surface area (Å²) in [5.74, 6) is 0. The van der Waals surface area contributed by atoms with Gasteiger partial charge in [0.1, 0.15) is 0 Å². The van der Waals surface area contributed by atoms with Crippen LogP contribution in [0.1, 0.15) is 18.4 Å². The van der Waals surface area contributed by atoms with Gasteiger partial charge in [0, 0.05) is 24.7 Å². The highest BCUT2D eigenvalue weighted by Crippen LogP contribution is 2.24. The normalized spacial score (nSPS) is 16.7. The summed E-state index contributed by atoms with van der Waals surface area (Å²) in [5.41, 5.74) is 0.998. The molecule has 0 aliphatic carbocycles. The Hall–Kier alpha value is -0.880. The molecule has 0 unspecified atom stereocenters. The van der Waals surface area contributed by atoms with Gasteiger partial charge in [0.05, 0.1) is 9.95 Å². The van der Waals surface area contributed by atoms with E-state index >= 15 is 0 Å². The van der Waals surface area contributed by atoms with E-state index in [-0.39, 0.29) is 18.1 Å². The number of benzene rings is 1. The minimum atomic E-state index is -0.423. The number of nitro groups is 1. The number of rotatable bonds is 4. The third-order valence-corrected chi connectivity index (χ3v) is 3.99. The van der Waals surface area contributed by atoms with Crippen molar-refractivity contribution in [2.24, 2.45) is 0 Å². The molecule has 0 amide bonds. The molecule has 1 aliphatic heterocycles. The molecule has 20 heavy (non-hydrogen) atoms. The quantitative estimate of drug-likeness (QED) is 0.684. The first-order valence-corrected chi connectivity index (χ1v) is 6.80. The van der Waals surface area contributed by atoms with E-state index in [0.717, 1.165) is 38.0 Å². The molecule has 5 nitrogen and oxygen atoms in total. The smallest absolute Gasteiger partial charge is 0.270 e. The first-order chi connectivity index (χ1) is 9.10. The fourth-order valence-electron chi connectivity index (χ4n) is 2.40. The summed E-state index contributed by atoms with van der Waals surface area (Å²) in [6.07, 6.45) is 2.25. The summed E-state index contributed by atoms with van der Waals surface area (Å²) in [5, 5.41) is 14.4. The summed E-state index contributed by atoms with van der Waals surface area (Å²) in [7, 11) is 1.99. The van der Waals surface area contributed by atoms with E-state index in [1.807, 2.05) is 7.05 Å². The number of non-ortho nitro benzene ring substituents is 1. The summed E-state index contributed by atoms with van der Waals surface area (Å²) in [4.78, 5) is 12.6. The van der Waals surface area contributed by atoms with Crippen LogP contribution in [0.25, 0.3) is 0 Å². The fourth-order valence-corrected chi connectivity index (χ4v) is 2.63. The summed E-state index contributed by atoms with van der Waals surface area (Å²) >= 11 is 6.11. The number of hydrogen-bond donors (Lipinski definition) is 1. The largest absolute Gasteiger partial charge is 0.317 e. The van der Waals surface area contributed by atoms with Gasteiger partial charge in [0.15, 0.2) is 0 Å². The van der Waals surface area contributed by atoms with E-state index in [0.29, 0.717) is 11.1 Å². The van der Waals surface area contributed by atoms with E-state index in [9.17, 15) is 10.1 Å². The van der Waals surface area contributed by atoms with Gasteiger partial charge in [0.25, 0.3) is 5.69 Å². The zero-order chi connectivity index (χ0) is 13.8. The standard InChI is InChI=1S/C13H18ClN3O2.ClH/c1-15-11-4-6-16(7-5-11)9-10-2-3-12(17(18)19)8-13(10)14;/h2-3,8,11,15H,4-7,9H2,1H3;1H. The second-order valence-corrected chi connectivity index (χ2v) is 5.28. The lowest BCUT2D eigenvalue weighted by Gasteiger charge is -2.31. The molecule has 1 saturated heterocycles. The molecule has 1 heterocycles. The van der Waals surface area contributed by atoms with Gasteiger partial charge in [-0.15, -0.1) is 12.4 Å². The Morgan fingerprint density at radius 3 is 2.60 bits per heavy atom. The molecule has 0 atom stereocenters. The number of hydrogen-bond acceptors (Lipinski definition) is 4. The van der Waals surface area contributed by atoms with Crippen molar-refractivity contribution >= 4 is 29.7 Å². The third kappa shape index (κ3) is 4.31. The number of likely N-dealkylation sites (tertiary alicyclic amines) is 1. The number of halogens is 2. The molecular weight excluding hydrogens is 301 g/mol. The van der Waals surface area contributed by atoms with Crippen LogP contribution in [0.15, 0.2) is 18.2 Å². The highest BCUT2D eigenvalue weighted by molar-refractivity contribution is 6.31. The monoisotopic (exact) mass is 319 g/mol. The Labute approximate surface area is 129 Å². The molecule has 0 saturated carbocycles. The van der Waals surface area contributed by atoms with Crippen molar-refractivity contribution in [3.05, 3.63) is 38.9 Å². The predicted octanol–water partition coefficient (Wildman–Crippen LogP) is 2.85. The van der Waals surface area contributed by atoms with Crippen LogP contribution in [0.5, 0.6) is 0 Å². The number of nitrogens with one attached hydrogen (secondary N) is 1. The molecule has 1 aromatic rings. The summed E-state index contributed by atoms with van der Waals surface area (Å²) in [6, 6.07) is 5.30. The molecule has 7 heteroatoms. The van der Waals surface area contributed by atoms with Gasteiger partial charge in [0.2, 0.25) is 0 Å². The van der Waals surface area contributed by atoms with Crippen molar-refractivity contribution in [1.82, 2.24) is 10.2 Å². The lowest BCUT2D eigenvalue weighted by Crippen LogP contribution is -2.40. The van der Waals surface area contributed by atoms with Crippen LogP contribution < -0.4 is 5.32 Å². The first kappa shape index (κ1) is 17.2. The van der Waals surface area contributed by atoms with Crippen LogP contribution in [0, 0.1) is 10.1 Å². The first-order valence-electron chi connectivity index (χ1n) is 6.42. The van der Waals surface area contributed by atoms with Crippen molar-refractivity contribution in [3.63, 3.8) is 0 Å². The summed E-state index contributed by atoms with van der Waals surface area (Å²) < 4.78 is 0. The van der Waals surface area contributed by atoms with E-state index in [2.05, 4.69) is 10.2 Å². The lowest BCUT2D eigenvalue weighted by molar-refractivity contribution is -0.384. The maximum Gasteiger partial charge on any atom is 0.270 e. The molecule has 0 bridgehead atoms. The van der Waals surface area contributed by atoms with Gasteiger partial charge in [-0.25, -0.2) is 0 Å². The SMILES string of the molecule is CNC1CCN(Cc2ccc([N+](=O)[O-])cc2Cl)CC1.Cl. The molecule has 0 aromatic heterocycles. The van der Waals surface area contributed by atoms with Gasteiger partial charge < -0.3 is 5.32 Å². The molecule has 1 aromatic carbocycles. The van der Waals surface area contributed by atoms with Gasteiger partial charge in [-0.05, 0) is 44.6 Å². The second-order valence-electron chi connectivity index (χ2n) is 4.87. The van der Waals surface area contributed by atoms with E-state index < -0.39 is 4.92 Å². The third-order valence-electron chi connectivity index (χ3n) is 3.64. The minimum Gasteiger partial charge on any atom is -0.317 e. The second kappa shape index (κ2) is 7.78. The van der Waals surface area contributed by atoms with Gasteiger partial charge in [-0.2, -0.15) is 0 Å². The average molecular weight is 320 g/mol. The Bertz CT molecular complexity index is 463. The molecule has 1 N–H and O–H groups in total.